The molecule has 8 nitrogen and oxygen atoms in total. The van der Waals surface area contributed by atoms with Crippen molar-refractivity contribution in [3.05, 3.63) is 51.4 Å². The molecule has 152 valence electrons. The summed E-state index contributed by atoms with van der Waals surface area (Å²) in [6.45, 7) is 1.14. The number of likely N-dealkylation sites (N-methyl/N-ethyl adjacent to an activating group) is 1. The molecule has 0 spiro atoms. The molecular formula is C19H20N4O4S2. The van der Waals surface area contributed by atoms with Crippen molar-refractivity contribution >= 4 is 55.0 Å². The Kier molecular flexibility index (Phi) is 6.57. The predicted octanol–water partition coefficient (Wildman–Crippen LogP) is 3.88. The van der Waals surface area contributed by atoms with E-state index in [2.05, 4.69) is 4.98 Å². The van der Waals surface area contributed by atoms with Crippen LogP contribution in [0.5, 0.6) is 5.75 Å². The highest BCUT2D eigenvalue weighted by atomic mass is 32.1. The fraction of sp³-hybridized carbons (Fsp3) is 0.263. The fourth-order valence-corrected chi connectivity index (χ4v) is 4.21. The van der Waals surface area contributed by atoms with Crippen LogP contribution in [0.2, 0.25) is 0 Å². The molecule has 2 heterocycles. The Bertz CT molecular complexity index is 1060. The predicted molar refractivity (Wildman–Crippen MR) is 117 cm³/mol. The van der Waals surface area contributed by atoms with Crippen molar-refractivity contribution in [3.63, 3.8) is 0 Å². The number of benzene rings is 1. The minimum atomic E-state index is -0.442. The van der Waals surface area contributed by atoms with Crippen LogP contribution < -0.4 is 9.64 Å². The Hall–Kier alpha value is -2.82. The molecule has 10 heteroatoms. The average molecular weight is 433 g/mol. The molecule has 0 aliphatic carbocycles. The van der Waals surface area contributed by atoms with Crippen molar-refractivity contribution in [2.24, 2.45) is 0 Å². The van der Waals surface area contributed by atoms with Crippen LogP contribution in [0, 0.1) is 10.1 Å². The largest absolute Gasteiger partial charge is 0.497 e. The quantitative estimate of drug-likeness (QED) is 0.305. The molecule has 0 saturated carbocycles. The van der Waals surface area contributed by atoms with Crippen molar-refractivity contribution in [2.75, 3.05) is 39.2 Å². The number of methoxy groups -OCH3 is 1. The van der Waals surface area contributed by atoms with Gasteiger partial charge in [-0.2, -0.15) is 0 Å². The topological polar surface area (TPSA) is 88.8 Å². The van der Waals surface area contributed by atoms with Gasteiger partial charge in [-0.25, -0.2) is 4.98 Å². The third kappa shape index (κ3) is 5.17. The molecule has 0 saturated heterocycles. The number of fused-ring (bicyclic) bond motifs is 1. The lowest BCUT2D eigenvalue weighted by molar-refractivity contribution is -0.380. The van der Waals surface area contributed by atoms with E-state index in [1.54, 1.807) is 24.2 Å². The number of thiazole rings is 1. The Morgan fingerprint density at radius 3 is 2.69 bits per heavy atom. The van der Waals surface area contributed by atoms with Gasteiger partial charge in [-0.15, -0.1) is 0 Å². The number of rotatable bonds is 8. The summed E-state index contributed by atoms with van der Waals surface area (Å²) in [7, 11) is 5.47. The smallest absolute Gasteiger partial charge is 0.324 e. The van der Waals surface area contributed by atoms with Crippen LogP contribution >= 0.6 is 22.7 Å². The molecular weight excluding hydrogens is 412 g/mol. The minimum absolute atomic E-state index is 0.0432. The van der Waals surface area contributed by atoms with Gasteiger partial charge < -0.3 is 9.64 Å². The van der Waals surface area contributed by atoms with E-state index in [1.165, 1.54) is 23.5 Å². The van der Waals surface area contributed by atoms with E-state index in [0.717, 1.165) is 21.6 Å². The fourth-order valence-electron chi connectivity index (χ4n) is 2.51. The third-order valence-corrected chi connectivity index (χ3v) is 6.10. The molecule has 0 unspecified atom stereocenters. The number of nitrogens with zero attached hydrogens (tertiary/aromatic N) is 4. The standard InChI is InChI=1S/C19H20N4O4S2/c1-21(2)10-11-22(17(24)8-5-14-6-9-18(28-14)23(25)26)19-20-15-12-13(27-3)4-7-16(15)29-19/h4-9,12H,10-11H2,1-3H3/b8-5+. The molecule has 0 aliphatic heterocycles. The number of carbonyl (C=O) groups is 1. The maximum absolute atomic E-state index is 12.9. The molecule has 0 radical (unpaired) electrons. The van der Waals surface area contributed by atoms with Crippen LogP contribution in [0.3, 0.4) is 0 Å². The van der Waals surface area contributed by atoms with Crippen molar-refractivity contribution in [1.29, 1.82) is 0 Å². The highest BCUT2D eigenvalue weighted by Crippen LogP contribution is 2.31. The molecule has 0 fully saturated rings. The summed E-state index contributed by atoms with van der Waals surface area (Å²) in [5, 5.41) is 11.5. The number of aromatic nitrogens is 1. The van der Waals surface area contributed by atoms with Gasteiger partial charge in [0, 0.05) is 36.2 Å². The second kappa shape index (κ2) is 9.12. The molecule has 3 aromatic rings. The first-order valence-corrected chi connectivity index (χ1v) is 10.3. The van der Waals surface area contributed by atoms with Crippen molar-refractivity contribution in [3.8, 4) is 5.75 Å². The number of hydrogen-bond acceptors (Lipinski definition) is 8. The van der Waals surface area contributed by atoms with E-state index in [0.29, 0.717) is 28.8 Å². The zero-order chi connectivity index (χ0) is 21.0. The van der Waals surface area contributed by atoms with E-state index < -0.39 is 4.92 Å². The molecule has 0 N–H and O–H groups in total. The summed E-state index contributed by atoms with van der Waals surface area (Å²) in [6.07, 6.45) is 3.02. The van der Waals surface area contributed by atoms with Gasteiger partial charge in [0.05, 0.1) is 22.2 Å². The Balaban J connectivity index is 1.86. The van der Waals surface area contributed by atoms with Crippen LogP contribution in [-0.2, 0) is 4.79 Å². The first-order valence-electron chi connectivity index (χ1n) is 8.70. The number of amides is 1. The summed E-state index contributed by atoms with van der Waals surface area (Å²) in [5.74, 6) is 0.480. The van der Waals surface area contributed by atoms with Gasteiger partial charge in [0.25, 0.3) is 5.91 Å². The second-order valence-electron chi connectivity index (χ2n) is 6.39. The summed E-state index contributed by atoms with van der Waals surface area (Å²) in [6, 6.07) is 8.68. The Morgan fingerprint density at radius 2 is 2.03 bits per heavy atom. The number of carbonyl (C=O) groups excluding carboxylic acids is 1. The van der Waals surface area contributed by atoms with Crippen molar-refractivity contribution < 1.29 is 14.5 Å². The molecule has 3 rings (SSSR count). The summed E-state index contributed by atoms with van der Waals surface area (Å²) in [5.41, 5.74) is 0.768. The summed E-state index contributed by atoms with van der Waals surface area (Å²) >= 11 is 2.46. The third-order valence-electron chi connectivity index (χ3n) is 4.03. The van der Waals surface area contributed by atoms with Gasteiger partial charge in [0.15, 0.2) is 5.13 Å². The number of ether oxygens (including phenoxy) is 1. The lowest BCUT2D eigenvalue weighted by Gasteiger charge is -2.20. The highest BCUT2D eigenvalue weighted by Gasteiger charge is 2.18. The normalized spacial score (nSPS) is 11.4. The average Bonchev–Trinajstić information content (AvgIpc) is 3.32. The van der Waals surface area contributed by atoms with E-state index in [-0.39, 0.29) is 10.9 Å². The van der Waals surface area contributed by atoms with Gasteiger partial charge in [0.1, 0.15) is 5.75 Å². The van der Waals surface area contributed by atoms with Crippen LogP contribution in [-0.4, -0.2) is 55.0 Å². The van der Waals surface area contributed by atoms with Crippen LogP contribution in [0.25, 0.3) is 16.3 Å². The van der Waals surface area contributed by atoms with Crippen LogP contribution in [0.15, 0.2) is 36.4 Å². The highest BCUT2D eigenvalue weighted by molar-refractivity contribution is 7.22. The van der Waals surface area contributed by atoms with Crippen LogP contribution in [0.1, 0.15) is 4.88 Å². The summed E-state index contributed by atoms with van der Waals surface area (Å²) in [4.78, 5) is 32.1. The number of nitro groups is 1. The van der Waals surface area contributed by atoms with E-state index in [4.69, 9.17) is 4.74 Å². The van der Waals surface area contributed by atoms with E-state index in [9.17, 15) is 14.9 Å². The maximum Gasteiger partial charge on any atom is 0.324 e. The van der Waals surface area contributed by atoms with Crippen LogP contribution in [0.4, 0.5) is 10.1 Å². The molecule has 29 heavy (non-hydrogen) atoms. The van der Waals surface area contributed by atoms with Gasteiger partial charge in [0.2, 0.25) is 0 Å². The van der Waals surface area contributed by atoms with Crippen molar-refractivity contribution in [2.45, 2.75) is 0 Å². The van der Waals surface area contributed by atoms with Gasteiger partial charge in [-0.05, 0) is 38.4 Å². The molecule has 2 aromatic heterocycles. The minimum Gasteiger partial charge on any atom is -0.497 e. The molecule has 0 atom stereocenters. The lowest BCUT2D eigenvalue weighted by atomic mass is 10.3. The Labute approximate surface area is 175 Å². The molecule has 1 aromatic carbocycles. The zero-order valence-corrected chi connectivity index (χ0v) is 17.8. The van der Waals surface area contributed by atoms with Gasteiger partial charge in [-0.1, -0.05) is 22.7 Å². The van der Waals surface area contributed by atoms with E-state index >= 15 is 0 Å². The van der Waals surface area contributed by atoms with Gasteiger partial charge >= 0.3 is 5.00 Å². The van der Waals surface area contributed by atoms with Gasteiger partial charge in [-0.3, -0.25) is 19.8 Å². The molecule has 0 aliphatic rings. The maximum atomic E-state index is 12.9. The lowest BCUT2D eigenvalue weighted by Crippen LogP contribution is -2.35. The summed E-state index contributed by atoms with van der Waals surface area (Å²) < 4.78 is 6.20. The van der Waals surface area contributed by atoms with Crippen molar-refractivity contribution in [1.82, 2.24) is 9.88 Å². The molecule has 1 amide bonds. The number of hydrogen-bond donors (Lipinski definition) is 0. The second-order valence-corrected chi connectivity index (χ2v) is 8.49. The van der Waals surface area contributed by atoms with E-state index in [1.807, 2.05) is 37.2 Å². The zero-order valence-electron chi connectivity index (χ0n) is 16.2. The number of thiophene rings is 1. The SMILES string of the molecule is COc1ccc2sc(N(CCN(C)C)C(=O)/C=C/c3ccc([N+](=O)[O-])s3)nc2c1. The number of anilines is 1. The first-order chi connectivity index (χ1) is 13.9. The first kappa shape index (κ1) is 20.9. The molecule has 0 bridgehead atoms. The Morgan fingerprint density at radius 1 is 1.24 bits per heavy atom. The monoisotopic (exact) mass is 432 g/mol.